The van der Waals surface area contributed by atoms with Crippen LogP contribution in [0.4, 0.5) is 0 Å². The van der Waals surface area contributed by atoms with E-state index in [0.29, 0.717) is 12.0 Å². The van der Waals surface area contributed by atoms with Crippen LogP contribution in [0.3, 0.4) is 0 Å². The van der Waals surface area contributed by atoms with Gasteiger partial charge in [0, 0.05) is 37.5 Å². The Labute approximate surface area is 488 Å². The molecule has 2 heterocycles. The molecule has 4 aliphatic rings. The number of likely N-dealkylation sites (N-methyl/N-ethyl adjacent to an activating group) is 2. The number of nitrogens with one attached hydrogen (secondary N) is 7. The number of nitrogens with zero attached hydrogens (tertiary/aromatic N) is 2. The van der Waals surface area contributed by atoms with E-state index in [1.165, 1.54) is 16.0 Å². The molecular weight excluding hydrogens is 1040 g/mol. The van der Waals surface area contributed by atoms with E-state index in [-0.39, 0.29) is 79.4 Å². The van der Waals surface area contributed by atoms with Crippen molar-refractivity contribution >= 4 is 53.5 Å². The molecule has 7 N–H and O–H groups in total. The zero-order chi connectivity index (χ0) is 59.0. The lowest BCUT2D eigenvalue weighted by Crippen LogP contribution is -2.59. The van der Waals surface area contributed by atoms with Gasteiger partial charge in [-0.05, 0) is 141 Å². The number of carbonyl (C=O) groups excluding carboxylic acids is 7. The van der Waals surface area contributed by atoms with E-state index < -0.39 is 47.7 Å². The largest absolute Gasteiger partial charge is 0.347 e. The molecule has 2 aliphatic heterocycles. The predicted octanol–water partition coefficient (Wildman–Crippen LogP) is 6.67. The third-order valence-electron chi connectivity index (χ3n) is 17.2. The molecule has 436 valence electrons. The highest BCUT2D eigenvalue weighted by Crippen LogP contribution is 2.34. The first-order valence-corrected chi connectivity index (χ1v) is 29.5. The second kappa shape index (κ2) is 26.5. The van der Waals surface area contributed by atoms with E-state index in [0.717, 1.165) is 77.5 Å². The van der Waals surface area contributed by atoms with Crippen molar-refractivity contribution in [2.45, 2.75) is 153 Å². The number of fused-ring (bicyclic) bond motifs is 3. The zero-order valence-corrected chi connectivity index (χ0v) is 48.9. The number of likely N-dealkylation sites (tertiary alicyclic amines) is 1. The molecule has 0 saturated carbocycles. The fourth-order valence-corrected chi connectivity index (χ4v) is 12.0. The molecule has 5 aromatic carbocycles. The average Bonchev–Trinajstić information content (AvgIpc) is 3.99. The molecule has 1 saturated heterocycles. The van der Waals surface area contributed by atoms with Crippen molar-refractivity contribution in [2.24, 2.45) is 5.41 Å². The molecule has 0 spiro atoms. The van der Waals surface area contributed by atoms with Crippen LogP contribution in [0.5, 0.6) is 0 Å². The number of hydrogen-bond acceptors (Lipinski definition) is 9. The fraction of sp³-hybridized carbons (Fsp3) is 0.418. The second-order valence-electron chi connectivity index (χ2n) is 24.0. The van der Waals surface area contributed by atoms with Crippen LogP contribution in [0, 0.1) is 5.41 Å². The van der Waals surface area contributed by atoms with Crippen LogP contribution in [0.1, 0.15) is 139 Å². The Balaban J connectivity index is 0.863. The highest BCUT2D eigenvalue weighted by molar-refractivity contribution is 5.97. The van der Waals surface area contributed by atoms with Crippen LogP contribution in [0.2, 0.25) is 0 Å². The van der Waals surface area contributed by atoms with E-state index in [9.17, 15) is 33.6 Å². The summed E-state index contributed by atoms with van der Waals surface area (Å²) >= 11 is 0. The minimum Gasteiger partial charge on any atom is -0.347 e. The smallest absolute Gasteiger partial charge is 0.251 e. The van der Waals surface area contributed by atoms with E-state index in [1.54, 1.807) is 45.0 Å². The molecular formula is C67H81N9O7. The molecule has 9 rings (SSSR count). The summed E-state index contributed by atoms with van der Waals surface area (Å²) in [6, 6.07) is 33.5. The van der Waals surface area contributed by atoms with Crippen LogP contribution in [-0.2, 0) is 61.0 Å². The van der Waals surface area contributed by atoms with Gasteiger partial charge in [0.2, 0.25) is 35.4 Å². The molecule has 16 heteroatoms. The lowest BCUT2D eigenvalue weighted by atomic mass is 9.85. The summed E-state index contributed by atoms with van der Waals surface area (Å²) in [7, 11) is 3.37. The number of amides is 7. The van der Waals surface area contributed by atoms with Crippen molar-refractivity contribution in [3.63, 3.8) is 0 Å². The van der Waals surface area contributed by atoms with Gasteiger partial charge in [-0.15, -0.1) is 0 Å². The molecule has 0 unspecified atom stereocenters. The molecule has 0 bridgehead atoms. The van der Waals surface area contributed by atoms with Crippen molar-refractivity contribution < 1.29 is 33.6 Å². The minimum atomic E-state index is -0.959. The first kappa shape index (κ1) is 59.7. The molecule has 0 aromatic heterocycles. The van der Waals surface area contributed by atoms with Crippen molar-refractivity contribution in [1.29, 1.82) is 0 Å². The minimum absolute atomic E-state index is 0.0812. The van der Waals surface area contributed by atoms with E-state index in [1.807, 2.05) is 124 Å². The second-order valence-corrected chi connectivity index (χ2v) is 24.0. The van der Waals surface area contributed by atoms with Crippen LogP contribution in [0.25, 0.3) is 12.2 Å². The summed E-state index contributed by atoms with van der Waals surface area (Å²) in [5.41, 5.74) is 8.85. The van der Waals surface area contributed by atoms with Crippen molar-refractivity contribution in [2.75, 3.05) is 20.6 Å². The van der Waals surface area contributed by atoms with Gasteiger partial charge in [-0.25, -0.2) is 0 Å². The Bertz CT molecular complexity index is 3210. The average molecular weight is 1120 g/mol. The van der Waals surface area contributed by atoms with Crippen LogP contribution in [-0.4, -0.2) is 114 Å². The van der Waals surface area contributed by atoms with Crippen molar-refractivity contribution in [3.05, 3.63) is 177 Å². The van der Waals surface area contributed by atoms with Gasteiger partial charge in [0.1, 0.15) is 24.2 Å². The number of hydrogen-bond donors (Lipinski definition) is 7. The molecule has 1 fully saturated rings. The maximum Gasteiger partial charge on any atom is 0.251 e. The summed E-state index contributed by atoms with van der Waals surface area (Å²) in [5, 5.41) is 21.5. The monoisotopic (exact) mass is 1120 g/mol. The Morgan fingerprint density at radius 3 is 1.64 bits per heavy atom. The van der Waals surface area contributed by atoms with Gasteiger partial charge in [0.05, 0.1) is 24.2 Å². The van der Waals surface area contributed by atoms with Gasteiger partial charge in [-0.1, -0.05) is 142 Å². The molecule has 9 atom stereocenters. The van der Waals surface area contributed by atoms with Crippen molar-refractivity contribution in [1.82, 2.24) is 47.0 Å². The van der Waals surface area contributed by atoms with Gasteiger partial charge < -0.3 is 47.0 Å². The van der Waals surface area contributed by atoms with Gasteiger partial charge in [0.25, 0.3) is 5.91 Å². The Morgan fingerprint density at radius 1 is 0.578 bits per heavy atom. The van der Waals surface area contributed by atoms with Crippen molar-refractivity contribution in [3.8, 4) is 0 Å². The highest BCUT2D eigenvalue weighted by Gasteiger charge is 2.46. The molecule has 0 radical (unpaired) electrons. The van der Waals surface area contributed by atoms with Gasteiger partial charge in [-0.2, -0.15) is 0 Å². The van der Waals surface area contributed by atoms with Gasteiger partial charge in [-0.3, -0.25) is 33.6 Å². The number of benzene rings is 5. The highest BCUT2D eigenvalue weighted by atomic mass is 16.2. The quantitative estimate of drug-likeness (QED) is 0.0467. The van der Waals surface area contributed by atoms with Gasteiger partial charge in [0.15, 0.2) is 0 Å². The van der Waals surface area contributed by atoms with E-state index >= 15 is 0 Å². The summed E-state index contributed by atoms with van der Waals surface area (Å²) in [6.07, 6.45) is 9.97. The summed E-state index contributed by atoms with van der Waals surface area (Å²) in [4.78, 5) is 102. The third-order valence-corrected chi connectivity index (χ3v) is 17.2. The molecule has 16 nitrogen and oxygen atoms in total. The maximum absolute atomic E-state index is 14.9. The SMILES string of the molecule is CN[C@@H](C)C(=O)N[C@@H](Cc1ccc(C=Cc2ccc(C(=O)N[C@H]3C[C@@H](C(=O)N[C@@H]4CCCc5ccccc54)N(C(=O)[C@@H](NC(=O)[C@H](C)NC)C(C)(C)C)C3)cc2)cc1)C(=O)N1Cc2ccccc2C[C@H]1C(=O)N[C@@H]1CCCc2ccccc21. The number of rotatable bonds is 18. The summed E-state index contributed by atoms with van der Waals surface area (Å²) in [6.45, 7) is 9.39. The molecule has 5 aromatic rings. The fourth-order valence-electron chi connectivity index (χ4n) is 12.0. The zero-order valence-electron chi connectivity index (χ0n) is 48.9. The summed E-state index contributed by atoms with van der Waals surface area (Å²) < 4.78 is 0. The molecule has 83 heavy (non-hydrogen) atoms. The van der Waals surface area contributed by atoms with Crippen LogP contribution < -0.4 is 37.2 Å². The molecule has 7 amide bonds. The molecule has 2 aliphatic carbocycles. The van der Waals surface area contributed by atoms with Crippen LogP contribution in [0.15, 0.2) is 121 Å². The van der Waals surface area contributed by atoms with E-state index in [4.69, 9.17) is 0 Å². The first-order chi connectivity index (χ1) is 39.9. The summed E-state index contributed by atoms with van der Waals surface area (Å²) in [5.74, 6) is -2.24. The Kier molecular flexibility index (Phi) is 19.1. The number of aryl methyl sites for hydroxylation is 2. The topological polar surface area (TPSA) is 210 Å². The van der Waals surface area contributed by atoms with Crippen LogP contribution >= 0.6 is 0 Å². The maximum atomic E-state index is 14.9. The Hall–Kier alpha value is -7.95. The Morgan fingerprint density at radius 2 is 1.08 bits per heavy atom. The lowest BCUT2D eigenvalue weighted by Gasteiger charge is -2.39. The predicted molar refractivity (Wildman–Crippen MR) is 322 cm³/mol. The van der Waals surface area contributed by atoms with Gasteiger partial charge >= 0.3 is 0 Å². The standard InChI is InChI=1S/C67H81N9O7/c1-41(68-6)60(77)73-56(65(82)75-39-50-19-9-8-18-49(50)37-57(75)63(80)71-54-24-14-20-46-16-10-12-22-52(46)54)36-45-30-28-43(29-31-45)26-27-44-32-34-48(35-33-44)62(79)70-51-38-58(64(81)72-55-25-15-21-47-17-11-13-23-53(47)55)76(40-51)66(83)59(67(3,4)5)74-61(78)42(2)69-7/h8-13,16-19,22-23,26-35,41-42,51,54-59,68-69H,14-15,20-21,24-25,36-40H2,1-7H3,(H,70,79)(H,71,80)(H,72,81)(H,73,77)(H,74,78)/t41-,42-,51-,54+,55+,56-,57-,58-,59+/m0/s1. The van der Waals surface area contributed by atoms with E-state index in [2.05, 4.69) is 55.4 Å². The normalized spacial score (nSPS) is 20.8. The lowest BCUT2D eigenvalue weighted by molar-refractivity contribution is -0.145. The first-order valence-electron chi connectivity index (χ1n) is 29.5. The number of carbonyl (C=O) groups is 7. The third kappa shape index (κ3) is 14.3.